The number of hydrogen-bond donors (Lipinski definition) is 1. The van der Waals surface area contributed by atoms with Crippen molar-refractivity contribution in [3.05, 3.63) is 94.0 Å². The molecule has 0 saturated carbocycles. The molecule has 0 fully saturated rings. The summed E-state index contributed by atoms with van der Waals surface area (Å²) in [6.07, 6.45) is 0.448. The minimum absolute atomic E-state index is 0.0910. The number of carbonyl (C=O) groups excluding carboxylic acids is 1. The highest BCUT2D eigenvalue weighted by Crippen LogP contribution is 2.50. The lowest BCUT2D eigenvalue weighted by molar-refractivity contribution is -0.126. The van der Waals surface area contributed by atoms with E-state index >= 15 is 0 Å². The fraction of sp³-hybridized carbons (Fsp3) is 0.259. The van der Waals surface area contributed by atoms with E-state index in [-0.39, 0.29) is 12.5 Å². The topological polar surface area (TPSA) is 71.4 Å². The first kappa shape index (κ1) is 22.6. The monoisotopic (exact) mass is 520 g/mol. The van der Waals surface area contributed by atoms with E-state index in [0.29, 0.717) is 31.1 Å². The molecule has 0 radical (unpaired) electrons. The van der Waals surface area contributed by atoms with Crippen molar-refractivity contribution in [3.8, 4) is 5.75 Å². The number of para-hydroxylation sites is 1. The van der Waals surface area contributed by atoms with Gasteiger partial charge in [0.25, 0.3) is 5.91 Å². The molecule has 0 unspecified atom stereocenters. The van der Waals surface area contributed by atoms with Crippen molar-refractivity contribution in [3.63, 3.8) is 0 Å². The normalized spacial score (nSPS) is 20.9. The van der Waals surface area contributed by atoms with E-state index in [2.05, 4.69) is 15.9 Å². The minimum atomic E-state index is -1.11. The number of hydrogen-bond acceptors (Lipinski definition) is 5. The fourth-order valence-electron chi connectivity index (χ4n) is 4.59. The van der Waals surface area contributed by atoms with Gasteiger partial charge in [0.2, 0.25) is 5.90 Å². The van der Waals surface area contributed by atoms with Crippen LogP contribution in [0.3, 0.4) is 0 Å². The summed E-state index contributed by atoms with van der Waals surface area (Å²) in [6, 6.07) is 23.2. The van der Waals surface area contributed by atoms with Crippen LogP contribution in [-0.2, 0) is 16.0 Å². The Bertz CT molecular complexity index is 1240. The predicted octanol–water partition coefficient (Wildman–Crippen LogP) is 4.69. The Balaban J connectivity index is 1.56. The first-order chi connectivity index (χ1) is 16.5. The number of carbonyl (C=O) groups is 1. The van der Waals surface area contributed by atoms with E-state index in [1.807, 2.05) is 72.8 Å². The molecule has 174 valence electrons. The van der Waals surface area contributed by atoms with Crippen LogP contribution in [0.4, 0.5) is 5.69 Å². The molecular weight excluding hydrogens is 496 g/mol. The Labute approximate surface area is 207 Å². The van der Waals surface area contributed by atoms with Crippen LogP contribution in [0, 0.1) is 0 Å². The smallest absolute Gasteiger partial charge is 0.259 e. The number of anilines is 1. The van der Waals surface area contributed by atoms with E-state index in [4.69, 9.17) is 19.6 Å². The zero-order valence-electron chi connectivity index (χ0n) is 18.8. The number of amides is 1. The molecule has 0 saturated heterocycles. The van der Waals surface area contributed by atoms with Gasteiger partial charge < -0.3 is 19.5 Å². The molecule has 0 spiro atoms. The number of aliphatic imine (C=N–C) groups is 1. The average Bonchev–Trinajstić information content (AvgIpc) is 3.25. The molecule has 5 rings (SSSR count). The van der Waals surface area contributed by atoms with E-state index in [0.717, 1.165) is 26.9 Å². The maximum Gasteiger partial charge on any atom is 0.259 e. The summed E-state index contributed by atoms with van der Waals surface area (Å²) in [6.45, 7) is 0.537. The van der Waals surface area contributed by atoms with Gasteiger partial charge in [0, 0.05) is 42.1 Å². The first-order valence-corrected chi connectivity index (χ1v) is 12.0. The molecule has 2 heterocycles. The van der Waals surface area contributed by atoms with E-state index < -0.39 is 11.6 Å². The Kier molecular flexibility index (Phi) is 6.15. The van der Waals surface area contributed by atoms with Crippen LogP contribution in [0.25, 0.3) is 0 Å². The van der Waals surface area contributed by atoms with Crippen LogP contribution in [0.2, 0.25) is 0 Å². The number of halogens is 1. The van der Waals surface area contributed by atoms with Crippen LogP contribution in [-0.4, -0.2) is 42.7 Å². The maximum atomic E-state index is 13.9. The molecule has 0 aliphatic carbocycles. The highest BCUT2D eigenvalue weighted by atomic mass is 79.9. The molecule has 6 nitrogen and oxygen atoms in total. The number of aliphatic hydroxyl groups is 1. The molecule has 0 aromatic heterocycles. The molecule has 2 aliphatic rings. The Hall–Kier alpha value is -3.16. The van der Waals surface area contributed by atoms with Crippen molar-refractivity contribution >= 4 is 33.4 Å². The molecule has 3 aromatic rings. The number of nitrogens with zero attached hydrogens (tertiary/aromatic N) is 2. The van der Waals surface area contributed by atoms with Crippen molar-refractivity contribution < 1.29 is 19.4 Å². The van der Waals surface area contributed by atoms with Crippen LogP contribution in [0.1, 0.15) is 29.2 Å². The maximum absolute atomic E-state index is 13.9. The van der Waals surface area contributed by atoms with Crippen molar-refractivity contribution in [1.82, 2.24) is 0 Å². The standard InChI is InChI=1S/C27H25BrN2O4/c1-30-23-10-5-3-8-21(23)24-27(26(30)32,17-19-7-2-4-9-22(19)28)29-25(34-24)18-11-13-20(14-12-18)33-16-6-15-31/h2-5,7-14,24,31H,6,15-17H2,1H3/t24-,27-/m0/s1. The lowest BCUT2D eigenvalue weighted by Crippen LogP contribution is -2.54. The lowest BCUT2D eigenvalue weighted by atomic mass is 9.78. The molecule has 34 heavy (non-hydrogen) atoms. The second kappa shape index (κ2) is 9.24. The Morgan fingerprint density at radius 2 is 1.82 bits per heavy atom. The van der Waals surface area contributed by atoms with Gasteiger partial charge in [-0.15, -0.1) is 0 Å². The Morgan fingerprint density at radius 1 is 1.09 bits per heavy atom. The molecule has 2 atom stereocenters. The van der Waals surface area contributed by atoms with E-state index in [1.165, 1.54) is 0 Å². The third-order valence-electron chi connectivity index (χ3n) is 6.31. The van der Waals surface area contributed by atoms with Crippen molar-refractivity contribution in [2.24, 2.45) is 4.99 Å². The highest BCUT2D eigenvalue weighted by molar-refractivity contribution is 9.10. The highest BCUT2D eigenvalue weighted by Gasteiger charge is 2.58. The van der Waals surface area contributed by atoms with Gasteiger partial charge in [0.05, 0.1) is 12.3 Å². The number of fused-ring (bicyclic) bond motifs is 3. The first-order valence-electron chi connectivity index (χ1n) is 11.2. The van der Waals surface area contributed by atoms with Gasteiger partial charge in [0.1, 0.15) is 5.75 Å². The third-order valence-corrected chi connectivity index (χ3v) is 7.08. The quantitative estimate of drug-likeness (QED) is 0.459. The van der Waals surface area contributed by atoms with Crippen molar-refractivity contribution in [2.75, 3.05) is 25.2 Å². The van der Waals surface area contributed by atoms with Crippen molar-refractivity contribution in [1.29, 1.82) is 0 Å². The summed E-state index contributed by atoms with van der Waals surface area (Å²) in [5.41, 5.74) is 2.44. The summed E-state index contributed by atoms with van der Waals surface area (Å²) in [5, 5.41) is 8.94. The average molecular weight is 521 g/mol. The van der Waals surface area contributed by atoms with Gasteiger partial charge in [-0.05, 0) is 42.0 Å². The SMILES string of the molecule is CN1C(=O)[C@@]2(Cc3ccccc3Br)N=C(c3ccc(OCCCO)cc3)O[C@H]2c2ccccc21. The number of likely N-dealkylation sites (N-methyl/N-ethyl adjacent to an activating group) is 1. The van der Waals surface area contributed by atoms with Gasteiger partial charge in [-0.2, -0.15) is 0 Å². The largest absolute Gasteiger partial charge is 0.494 e. The molecule has 2 aliphatic heterocycles. The Morgan fingerprint density at radius 3 is 2.59 bits per heavy atom. The fourth-order valence-corrected chi connectivity index (χ4v) is 5.02. The summed E-state index contributed by atoms with van der Waals surface area (Å²) in [7, 11) is 1.80. The van der Waals surface area contributed by atoms with Gasteiger partial charge in [0.15, 0.2) is 11.6 Å². The third kappa shape index (κ3) is 3.89. The van der Waals surface area contributed by atoms with E-state index in [9.17, 15) is 4.79 Å². The van der Waals surface area contributed by atoms with Gasteiger partial charge in [-0.1, -0.05) is 52.3 Å². The van der Waals surface area contributed by atoms with Crippen LogP contribution in [0.15, 0.2) is 82.3 Å². The van der Waals surface area contributed by atoms with Crippen molar-refractivity contribution in [2.45, 2.75) is 24.5 Å². The molecule has 3 aromatic carbocycles. The summed E-state index contributed by atoms with van der Waals surface area (Å²) in [4.78, 5) is 20.6. The van der Waals surface area contributed by atoms with Crippen LogP contribution >= 0.6 is 15.9 Å². The summed E-state index contributed by atoms with van der Waals surface area (Å²) >= 11 is 3.63. The van der Waals surface area contributed by atoms with E-state index in [1.54, 1.807) is 11.9 Å². The molecule has 1 N–H and O–H groups in total. The zero-order chi connectivity index (χ0) is 23.7. The molecule has 0 bridgehead atoms. The number of ether oxygens (including phenoxy) is 2. The lowest BCUT2D eigenvalue weighted by Gasteiger charge is -2.40. The number of aliphatic hydroxyl groups excluding tert-OH is 1. The minimum Gasteiger partial charge on any atom is -0.494 e. The molecule has 7 heteroatoms. The summed E-state index contributed by atoms with van der Waals surface area (Å²) in [5.74, 6) is 1.06. The van der Waals surface area contributed by atoms with Gasteiger partial charge in [-0.25, -0.2) is 4.99 Å². The predicted molar refractivity (Wildman–Crippen MR) is 134 cm³/mol. The zero-order valence-corrected chi connectivity index (χ0v) is 20.4. The van der Waals surface area contributed by atoms with Gasteiger partial charge >= 0.3 is 0 Å². The van der Waals surface area contributed by atoms with Crippen LogP contribution in [0.5, 0.6) is 5.75 Å². The molecular formula is C27H25BrN2O4. The summed E-state index contributed by atoms with van der Waals surface area (Å²) < 4.78 is 13.0. The second-order valence-corrected chi connectivity index (χ2v) is 9.33. The number of rotatable bonds is 7. The van der Waals surface area contributed by atoms with Crippen LogP contribution < -0.4 is 9.64 Å². The number of benzene rings is 3. The second-order valence-electron chi connectivity index (χ2n) is 8.48. The molecule has 1 amide bonds. The van der Waals surface area contributed by atoms with Gasteiger partial charge in [-0.3, -0.25) is 4.79 Å².